The molecular weight excluding hydrogens is 328 g/mol. The number of esters is 2. The van der Waals surface area contributed by atoms with E-state index >= 15 is 0 Å². The van der Waals surface area contributed by atoms with E-state index in [4.69, 9.17) is 9.47 Å². The molecule has 26 heavy (non-hydrogen) atoms. The SMILES string of the molecule is CCCCCC(OC(=O)C12CCC(CC1)C2)OC(=O)C12CCC(CC1)C2. The zero-order chi connectivity index (χ0) is 18.2. The van der Waals surface area contributed by atoms with Crippen molar-refractivity contribution in [1.29, 1.82) is 0 Å². The van der Waals surface area contributed by atoms with Gasteiger partial charge in [0.25, 0.3) is 0 Å². The summed E-state index contributed by atoms with van der Waals surface area (Å²) in [5.74, 6) is 1.22. The molecule has 0 unspecified atom stereocenters. The Hall–Kier alpha value is -1.06. The summed E-state index contributed by atoms with van der Waals surface area (Å²) in [5, 5.41) is 0. The van der Waals surface area contributed by atoms with Gasteiger partial charge in [-0.25, -0.2) is 0 Å². The Balaban J connectivity index is 1.39. The van der Waals surface area contributed by atoms with Crippen molar-refractivity contribution in [3.63, 3.8) is 0 Å². The van der Waals surface area contributed by atoms with Gasteiger partial charge in [-0.2, -0.15) is 0 Å². The van der Waals surface area contributed by atoms with Gasteiger partial charge in [0.05, 0.1) is 10.8 Å². The zero-order valence-electron chi connectivity index (χ0n) is 16.3. The van der Waals surface area contributed by atoms with Crippen LogP contribution in [0.5, 0.6) is 0 Å². The van der Waals surface area contributed by atoms with Crippen LogP contribution in [-0.4, -0.2) is 18.2 Å². The van der Waals surface area contributed by atoms with Crippen molar-refractivity contribution < 1.29 is 19.1 Å². The Labute approximate surface area is 157 Å². The lowest BCUT2D eigenvalue weighted by atomic mass is 9.84. The Morgan fingerprint density at radius 1 is 0.846 bits per heavy atom. The van der Waals surface area contributed by atoms with E-state index in [1.807, 2.05) is 0 Å². The van der Waals surface area contributed by atoms with Crippen molar-refractivity contribution >= 4 is 11.9 Å². The van der Waals surface area contributed by atoms with Gasteiger partial charge in [0.2, 0.25) is 6.29 Å². The van der Waals surface area contributed by atoms with E-state index in [0.717, 1.165) is 83.5 Å². The van der Waals surface area contributed by atoms with E-state index in [0.29, 0.717) is 18.3 Å². The minimum atomic E-state index is -0.676. The summed E-state index contributed by atoms with van der Waals surface area (Å²) >= 11 is 0. The molecule has 4 heteroatoms. The highest BCUT2D eigenvalue weighted by Gasteiger charge is 2.53. The summed E-state index contributed by atoms with van der Waals surface area (Å²) in [6.45, 7) is 2.15. The number of hydrogen-bond acceptors (Lipinski definition) is 4. The van der Waals surface area contributed by atoms with Gasteiger partial charge in [-0.1, -0.05) is 19.8 Å². The lowest BCUT2D eigenvalue weighted by molar-refractivity contribution is -0.202. The number of carbonyl (C=O) groups is 2. The number of fused-ring (bicyclic) bond motifs is 4. The lowest BCUT2D eigenvalue weighted by Gasteiger charge is -2.30. The van der Waals surface area contributed by atoms with Crippen molar-refractivity contribution in [3.8, 4) is 0 Å². The second-order valence-electron chi connectivity index (χ2n) is 9.59. The molecular formula is C22H34O4. The van der Waals surface area contributed by atoms with E-state index in [1.165, 1.54) is 0 Å². The molecule has 4 aliphatic rings. The molecule has 0 aromatic carbocycles. The molecule has 4 aliphatic carbocycles. The molecule has 0 saturated heterocycles. The van der Waals surface area contributed by atoms with Crippen LogP contribution in [0.15, 0.2) is 0 Å². The molecule has 4 saturated carbocycles. The molecule has 0 aromatic rings. The first-order valence-electron chi connectivity index (χ1n) is 11.0. The molecule has 4 fully saturated rings. The van der Waals surface area contributed by atoms with Crippen LogP contribution in [0, 0.1) is 22.7 Å². The van der Waals surface area contributed by atoms with Crippen LogP contribution in [0.1, 0.15) is 96.8 Å². The fraction of sp³-hybridized carbons (Fsp3) is 0.909. The largest absolute Gasteiger partial charge is 0.425 e. The standard InChI is InChI=1S/C22H34O4/c1-2-3-4-5-18(25-19(23)21-10-6-16(14-21)7-11-21)26-20(24)22-12-8-17(15-22)9-13-22/h16-18H,2-15H2,1H3. The van der Waals surface area contributed by atoms with Crippen LogP contribution >= 0.6 is 0 Å². The number of rotatable bonds is 8. The lowest BCUT2D eigenvalue weighted by Crippen LogP contribution is -2.37. The van der Waals surface area contributed by atoms with E-state index in [1.54, 1.807) is 0 Å². The van der Waals surface area contributed by atoms with Crippen molar-refractivity contribution in [2.75, 3.05) is 0 Å². The van der Waals surface area contributed by atoms with Crippen LogP contribution in [0.3, 0.4) is 0 Å². The number of carbonyl (C=O) groups excluding carboxylic acids is 2. The fourth-order valence-corrected chi connectivity index (χ4v) is 6.15. The number of hydrogen-bond donors (Lipinski definition) is 0. The quantitative estimate of drug-likeness (QED) is 0.341. The van der Waals surface area contributed by atoms with Crippen LogP contribution < -0.4 is 0 Å². The average molecular weight is 363 g/mol. The van der Waals surface area contributed by atoms with Gasteiger partial charge < -0.3 is 9.47 Å². The van der Waals surface area contributed by atoms with Crippen LogP contribution in [0.2, 0.25) is 0 Å². The van der Waals surface area contributed by atoms with Crippen molar-refractivity contribution in [3.05, 3.63) is 0 Å². The maximum Gasteiger partial charge on any atom is 0.315 e. The molecule has 4 nitrogen and oxygen atoms in total. The van der Waals surface area contributed by atoms with Gasteiger partial charge in [0.1, 0.15) is 0 Å². The van der Waals surface area contributed by atoms with E-state index in [2.05, 4.69) is 6.92 Å². The van der Waals surface area contributed by atoms with Crippen LogP contribution in [0.25, 0.3) is 0 Å². The molecule has 4 rings (SSSR count). The molecule has 0 amide bonds. The molecule has 0 spiro atoms. The first kappa shape index (κ1) is 18.3. The molecule has 0 radical (unpaired) electrons. The van der Waals surface area contributed by atoms with E-state index in [-0.39, 0.29) is 22.8 Å². The summed E-state index contributed by atoms with van der Waals surface area (Å²) < 4.78 is 11.7. The van der Waals surface area contributed by atoms with Gasteiger partial charge >= 0.3 is 11.9 Å². The van der Waals surface area contributed by atoms with Crippen molar-refractivity contribution in [2.45, 2.75) is 103 Å². The van der Waals surface area contributed by atoms with Crippen molar-refractivity contribution in [1.82, 2.24) is 0 Å². The first-order valence-corrected chi connectivity index (χ1v) is 11.0. The number of unbranched alkanes of at least 4 members (excludes halogenated alkanes) is 2. The Kier molecular flexibility index (Phi) is 5.04. The topological polar surface area (TPSA) is 52.6 Å². The summed E-state index contributed by atoms with van der Waals surface area (Å²) in [6.07, 6.45) is 13.5. The molecule has 4 bridgehead atoms. The highest BCUT2D eigenvalue weighted by molar-refractivity contribution is 5.79. The zero-order valence-corrected chi connectivity index (χ0v) is 16.3. The monoisotopic (exact) mass is 362 g/mol. The molecule has 0 atom stereocenters. The van der Waals surface area contributed by atoms with Crippen LogP contribution in [0.4, 0.5) is 0 Å². The van der Waals surface area contributed by atoms with E-state index in [9.17, 15) is 9.59 Å². The van der Waals surface area contributed by atoms with Gasteiger partial charge in [-0.15, -0.1) is 0 Å². The molecule has 0 aromatic heterocycles. The summed E-state index contributed by atoms with van der Waals surface area (Å²) in [4.78, 5) is 25.8. The molecule has 0 N–H and O–H groups in total. The number of ether oxygens (including phenoxy) is 2. The second-order valence-corrected chi connectivity index (χ2v) is 9.59. The fourth-order valence-electron chi connectivity index (χ4n) is 6.15. The smallest absolute Gasteiger partial charge is 0.315 e. The normalized spacial score (nSPS) is 38.5. The van der Waals surface area contributed by atoms with Gasteiger partial charge in [-0.3, -0.25) is 9.59 Å². The van der Waals surface area contributed by atoms with Gasteiger partial charge in [0, 0.05) is 6.42 Å². The molecule has 0 heterocycles. The predicted molar refractivity (Wildman–Crippen MR) is 98.1 cm³/mol. The molecule has 0 aliphatic heterocycles. The Bertz CT molecular complexity index is 494. The summed E-state index contributed by atoms with van der Waals surface area (Å²) in [5.41, 5.74) is -0.547. The Morgan fingerprint density at radius 3 is 1.65 bits per heavy atom. The summed E-state index contributed by atoms with van der Waals surface area (Å²) in [7, 11) is 0. The summed E-state index contributed by atoms with van der Waals surface area (Å²) in [6, 6.07) is 0. The average Bonchev–Trinajstić information content (AvgIpc) is 3.42. The van der Waals surface area contributed by atoms with E-state index < -0.39 is 6.29 Å². The highest BCUT2D eigenvalue weighted by atomic mass is 16.7. The predicted octanol–water partition coefficient (Wildman–Crippen LogP) is 5.14. The third-order valence-corrected chi connectivity index (χ3v) is 7.87. The minimum absolute atomic E-state index is 0.0972. The Morgan fingerprint density at radius 2 is 1.31 bits per heavy atom. The molecule has 146 valence electrons. The van der Waals surface area contributed by atoms with Crippen molar-refractivity contribution in [2.24, 2.45) is 22.7 Å². The third-order valence-electron chi connectivity index (χ3n) is 7.87. The maximum atomic E-state index is 12.9. The van der Waals surface area contributed by atoms with Gasteiger partial charge in [-0.05, 0) is 82.5 Å². The maximum absolute atomic E-state index is 12.9. The van der Waals surface area contributed by atoms with Gasteiger partial charge in [0.15, 0.2) is 0 Å². The third kappa shape index (κ3) is 3.29. The minimum Gasteiger partial charge on any atom is -0.425 e. The van der Waals surface area contributed by atoms with Crippen LogP contribution in [-0.2, 0) is 19.1 Å². The second kappa shape index (κ2) is 7.16. The highest BCUT2D eigenvalue weighted by Crippen LogP contribution is 2.56. The first-order chi connectivity index (χ1) is 12.6.